The minimum atomic E-state index is 0.207. The highest BCUT2D eigenvalue weighted by molar-refractivity contribution is 5.78. The third-order valence-electron chi connectivity index (χ3n) is 3.01. The fourth-order valence-corrected chi connectivity index (χ4v) is 2.00. The zero-order chi connectivity index (χ0) is 12.3. The van der Waals surface area contributed by atoms with Crippen LogP contribution < -0.4 is 5.32 Å². The number of likely N-dealkylation sites (N-methyl/N-ethyl adjacent to an activating group) is 1. The molecule has 0 atom stereocenters. The van der Waals surface area contributed by atoms with Crippen molar-refractivity contribution in [1.29, 1.82) is 0 Å². The minimum absolute atomic E-state index is 0.207. The molecule has 1 aromatic rings. The Morgan fingerprint density at radius 1 is 1.65 bits per heavy atom. The van der Waals surface area contributed by atoms with E-state index in [0.29, 0.717) is 19.1 Å². The van der Waals surface area contributed by atoms with E-state index in [1.807, 2.05) is 31.3 Å². The molecule has 0 aliphatic heterocycles. The molecule has 1 saturated carbocycles. The van der Waals surface area contributed by atoms with Crippen LogP contribution in [0.15, 0.2) is 12.4 Å². The van der Waals surface area contributed by atoms with E-state index >= 15 is 0 Å². The van der Waals surface area contributed by atoms with Crippen molar-refractivity contribution in [2.45, 2.75) is 32.4 Å². The number of amides is 1. The molecule has 0 unspecified atom stereocenters. The molecule has 2 rings (SSSR count). The highest BCUT2D eigenvalue weighted by Crippen LogP contribution is 2.26. The van der Waals surface area contributed by atoms with E-state index in [0.717, 1.165) is 12.1 Å². The standard InChI is InChI=1S/C12H20N4O/c1-3-16(11-4-5-11)12(17)8-13-6-10-7-14-15(2)9-10/h7,9,11,13H,3-6,8H2,1-2H3. The fraction of sp³-hybridized carbons (Fsp3) is 0.667. The predicted molar refractivity (Wildman–Crippen MR) is 65.3 cm³/mol. The van der Waals surface area contributed by atoms with Gasteiger partial charge in [-0.3, -0.25) is 9.48 Å². The van der Waals surface area contributed by atoms with Gasteiger partial charge < -0.3 is 10.2 Å². The van der Waals surface area contributed by atoms with E-state index in [1.54, 1.807) is 4.68 Å². The number of hydrogen-bond donors (Lipinski definition) is 1. The monoisotopic (exact) mass is 236 g/mol. The number of carbonyl (C=O) groups excluding carboxylic acids is 1. The van der Waals surface area contributed by atoms with Crippen LogP contribution >= 0.6 is 0 Å². The minimum Gasteiger partial charge on any atom is -0.339 e. The third-order valence-corrected chi connectivity index (χ3v) is 3.01. The van der Waals surface area contributed by atoms with E-state index in [4.69, 9.17) is 0 Å². The second-order valence-corrected chi connectivity index (χ2v) is 4.54. The number of nitrogens with one attached hydrogen (secondary N) is 1. The Balaban J connectivity index is 1.72. The van der Waals surface area contributed by atoms with Gasteiger partial charge in [0.25, 0.3) is 0 Å². The van der Waals surface area contributed by atoms with Gasteiger partial charge in [-0.15, -0.1) is 0 Å². The summed E-state index contributed by atoms with van der Waals surface area (Å²) in [6.07, 6.45) is 6.11. The third kappa shape index (κ3) is 3.30. The topological polar surface area (TPSA) is 50.2 Å². The first-order valence-electron chi connectivity index (χ1n) is 6.18. The summed E-state index contributed by atoms with van der Waals surface area (Å²) in [7, 11) is 1.89. The van der Waals surface area contributed by atoms with Crippen molar-refractivity contribution in [2.24, 2.45) is 7.05 Å². The van der Waals surface area contributed by atoms with Crippen LogP contribution in [0.25, 0.3) is 0 Å². The summed E-state index contributed by atoms with van der Waals surface area (Å²) in [6, 6.07) is 0.507. The molecule has 17 heavy (non-hydrogen) atoms. The van der Waals surface area contributed by atoms with E-state index < -0.39 is 0 Å². The number of aromatic nitrogens is 2. The Hall–Kier alpha value is -1.36. The lowest BCUT2D eigenvalue weighted by Crippen LogP contribution is -2.39. The van der Waals surface area contributed by atoms with Crippen LogP contribution in [0.1, 0.15) is 25.3 Å². The summed E-state index contributed by atoms with van der Waals surface area (Å²) >= 11 is 0. The molecule has 1 aliphatic carbocycles. The Kier molecular flexibility index (Phi) is 3.78. The van der Waals surface area contributed by atoms with Crippen molar-refractivity contribution in [2.75, 3.05) is 13.1 Å². The molecular weight excluding hydrogens is 216 g/mol. The van der Waals surface area contributed by atoms with Crippen molar-refractivity contribution in [3.05, 3.63) is 18.0 Å². The Bertz CT molecular complexity index is 384. The van der Waals surface area contributed by atoms with Crippen LogP contribution in [0.5, 0.6) is 0 Å². The molecular formula is C12H20N4O. The Labute approximate surface area is 102 Å². The molecule has 0 spiro atoms. The zero-order valence-corrected chi connectivity index (χ0v) is 10.5. The molecule has 1 aromatic heterocycles. The summed E-state index contributed by atoms with van der Waals surface area (Å²) in [5.41, 5.74) is 1.11. The van der Waals surface area contributed by atoms with E-state index in [9.17, 15) is 4.79 Å². The zero-order valence-electron chi connectivity index (χ0n) is 10.5. The number of rotatable bonds is 6. The molecule has 1 heterocycles. The maximum Gasteiger partial charge on any atom is 0.236 e. The first-order chi connectivity index (χ1) is 8.20. The average Bonchev–Trinajstić information content (AvgIpc) is 3.04. The lowest BCUT2D eigenvalue weighted by atomic mass is 10.3. The van der Waals surface area contributed by atoms with Crippen LogP contribution in [0.3, 0.4) is 0 Å². The SMILES string of the molecule is CCN(C(=O)CNCc1cnn(C)c1)C1CC1. The molecule has 5 nitrogen and oxygen atoms in total. The summed E-state index contributed by atoms with van der Waals surface area (Å²) < 4.78 is 1.77. The normalized spacial score (nSPS) is 14.9. The van der Waals surface area contributed by atoms with Gasteiger partial charge in [0.15, 0.2) is 0 Å². The van der Waals surface area contributed by atoms with Gasteiger partial charge in [-0.1, -0.05) is 0 Å². The van der Waals surface area contributed by atoms with Gasteiger partial charge in [-0.2, -0.15) is 5.10 Å². The smallest absolute Gasteiger partial charge is 0.236 e. The Morgan fingerprint density at radius 2 is 2.41 bits per heavy atom. The first-order valence-corrected chi connectivity index (χ1v) is 6.18. The van der Waals surface area contributed by atoms with Crippen LogP contribution in [-0.4, -0.2) is 39.7 Å². The molecule has 1 aliphatic rings. The summed E-state index contributed by atoms with van der Waals surface area (Å²) in [6.45, 7) is 3.97. The second kappa shape index (κ2) is 5.31. The molecule has 0 bridgehead atoms. The molecule has 5 heteroatoms. The largest absolute Gasteiger partial charge is 0.339 e. The molecule has 1 amide bonds. The highest BCUT2D eigenvalue weighted by atomic mass is 16.2. The summed E-state index contributed by atoms with van der Waals surface area (Å²) in [4.78, 5) is 13.9. The molecule has 1 N–H and O–H groups in total. The number of hydrogen-bond acceptors (Lipinski definition) is 3. The first kappa shape index (κ1) is 12.1. The van der Waals surface area contributed by atoms with E-state index in [1.165, 1.54) is 12.8 Å². The van der Waals surface area contributed by atoms with Crippen molar-refractivity contribution >= 4 is 5.91 Å². The lowest BCUT2D eigenvalue weighted by Gasteiger charge is -2.20. The van der Waals surface area contributed by atoms with Crippen LogP contribution in [0.2, 0.25) is 0 Å². The van der Waals surface area contributed by atoms with Gasteiger partial charge in [0.1, 0.15) is 0 Å². The molecule has 1 fully saturated rings. The van der Waals surface area contributed by atoms with Crippen molar-refractivity contribution in [3.8, 4) is 0 Å². The van der Waals surface area contributed by atoms with E-state index in [2.05, 4.69) is 10.4 Å². The molecule has 94 valence electrons. The van der Waals surface area contributed by atoms with Gasteiger partial charge in [0.05, 0.1) is 12.7 Å². The predicted octanol–water partition coefficient (Wildman–Crippen LogP) is 0.521. The van der Waals surface area contributed by atoms with Crippen LogP contribution in [0, 0.1) is 0 Å². The lowest BCUT2D eigenvalue weighted by molar-refractivity contribution is -0.130. The molecule has 0 aromatic carbocycles. The quantitative estimate of drug-likeness (QED) is 0.783. The molecule has 0 radical (unpaired) electrons. The fourth-order valence-electron chi connectivity index (χ4n) is 2.00. The van der Waals surface area contributed by atoms with Crippen LogP contribution in [-0.2, 0) is 18.4 Å². The number of aryl methyl sites for hydroxylation is 1. The maximum atomic E-state index is 11.9. The molecule has 0 saturated heterocycles. The van der Waals surface area contributed by atoms with Crippen molar-refractivity contribution < 1.29 is 4.79 Å². The van der Waals surface area contributed by atoms with Gasteiger partial charge >= 0.3 is 0 Å². The van der Waals surface area contributed by atoms with Crippen molar-refractivity contribution in [3.63, 3.8) is 0 Å². The Morgan fingerprint density at radius 3 is 2.94 bits per heavy atom. The summed E-state index contributed by atoms with van der Waals surface area (Å²) in [5.74, 6) is 0.207. The maximum absolute atomic E-state index is 11.9. The second-order valence-electron chi connectivity index (χ2n) is 4.54. The van der Waals surface area contributed by atoms with Gasteiger partial charge in [0, 0.05) is 37.9 Å². The van der Waals surface area contributed by atoms with Gasteiger partial charge in [-0.25, -0.2) is 0 Å². The number of carbonyl (C=O) groups is 1. The highest BCUT2D eigenvalue weighted by Gasteiger charge is 2.30. The van der Waals surface area contributed by atoms with Gasteiger partial charge in [0.2, 0.25) is 5.91 Å². The summed E-state index contributed by atoms with van der Waals surface area (Å²) in [5, 5.41) is 7.25. The van der Waals surface area contributed by atoms with E-state index in [-0.39, 0.29) is 5.91 Å². The van der Waals surface area contributed by atoms with Crippen molar-refractivity contribution in [1.82, 2.24) is 20.0 Å². The van der Waals surface area contributed by atoms with Crippen LogP contribution in [0.4, 0.5) is 0 Å². The average molecular weight is 236 g/mol. The number of nitrogens with zero attached hydrogens (tertiary/aromatic N) is 3. The van der Waals surface area contributed by atoms with Gasteiger partial charge in [-0.05, 0) is 19.8 Å².